The van der Waals surface area contributed by atoms with Crippen molar-refractivity contribution in [2.24, 2.45) is 0 Å². The van der Waals surface area contributed by atoms with Crippen LogP contribution in [0.4, 0.5) is 0 Å². The summed E-state index contributed by atoms with van der Waals surface area (Å²) in [6.07, 6.45) is 0. The zero-order valence-electron chi connectivity index (χ0n) is 10.3. The van der Waals surface area contributed by atoms with Gasteiger partial charge in [-0.15, -0.1) is 0 Å². The van der Waals surface area contributed by atoms with Gasteiger partial charge in [-0.3, -0.25) is 0 Å². The van der Waals surface area contributed by atoms with Gasteiger partial charge < -0.3 is 35.9 Å². The van der Waals surface area contributed by atoms with Crippen LogP contribution in [0.25, 0.3) is 10.6 Å². The first-order chi connectivity index (χ1) is 7.21. The summed E-state index contributed by atoms with van der Waals surface area (Å²) in [6, 6.07) is 0. The Morgan fingerprint density at radius 3 is 1.31 bits per heavy atom. The van der Waals surface area contributed by atoms with Crippen molar-refractivity contribution >= 4 is 25.3 Å². The fourth-order valence-corrected chi connectivity index (χ4v) is 1.02. The van der Waals surface area contributed by atoms with Crippen molar-refractivity contribution in [2.75, 3.05) is 26.2 Å². The second-order valence-corrected chi connectivity index (χ2v) is 6.94. The zero-order valence-corrected chi connectivity index (χ0v) is 13.8. The Balaban J connectivity index is 0. The number of nitrogens with zero attached hydrogens (tertiary/aromatic N) is 2. The molecule has 16 heavy (non-hydrogen) atoms. The average Bonchev–Trinajstić information content (AvgIpc) is 2.11. The van der Waals surface area contributed by atoms with E-state index in [2.05, 4.69) is 10.6 Å². The average molecular weight is 347 g/mol. The Hall–Kier alpha value is 1.07. The molecule has 0 radical (unpaired) electrons. The molecular formula is C10H20N2OS2Tc+. The van der Waals surface area contributed by atoms with Gasteiger partial charge in [-0.05, 0) is 0 Å². The minimum atomic E-state index is -0.114. The fourth-order valence-electron chi connectivity index (χ4n) is 0.838. The molecule has 0 unspecified atom stereocenters. The molecule has 0 aromatic rings. The van der Waals surface area contributed by atoms with E-state index in [0.717, 1.165) is 45.0 Å². The van der Waals surface area contributed by atoms with Gasteiger partial charge in [0.25, 0.3) is 0 Å². The molecule has 0 aliphatic carbocycles. The van der Waals surface area contributed by atoms with Crippen LogP contribution in [0.5, 0.6) is 0 Å². The first-order valence-electron chi connectivity index (χ1n) is 5.03. The van der Waals surface area contributed by atoms with Gasteiger partial charge in [0.1, 0.15) is 0 Å². The molecule has 0 aromatic heterocycles. The Morgan fingerprint density at radius 2 is 1.12 bits per heavy atom. The summed E-state index contributed by atoms with van der Waals surface area (Å²) in [5, 5.41) is 8.66. The molecule has 0 aliphatic rings. The van der Waals surface area contributed by atoms with E-state index in [1.807, 2.05) is 27.7 Å². The van der Waals surface area contributed by atoms with Gasteiger partial charge >= 0.3 is 22.4 Å². The Bertz CT molecular complexity index is 151. The summed E-state index contributed by atoms with van der Waals surface area (Å²) < 4.78 is 7.99. The van der Waals surface area contributed by atoms with Gasteiger partial charge in [0, 0.05) is 0 Å². The van der Waals surface area contributed by atoms with Crippen LogP contribution in [-0.4, -0.2) is 35.7 Å². The van der Waals surface area contributed by atoms with E-state index in [1.54, 1.807) is 0 Å². The Labute approximate surface area is 121 Å². The molecule has 3 nitrogen and oxygen atoms in total. The number of hydrogen-bond acceptors (Lipinski definition) is 3. The summed E-state index contributed by atoms with van der Waals surface area (Å²) in [4.78, 5) is 0. The molecule has 0 spiro atoms. The van der Waals surface area contributed by atoms with Crippen molar-refractivity contribution in [3.05, 3.63) is 10.6 Å². The number of rotatable bonds is 7. The summed E-state index contributed by atoms with van der Waals surface area (Å²) >= 11 is 11.3. The maximum absolute atomic E-state index is 8.22. The molecule has 0 saturated heterocycles. The molecule has 6 heteroatoms. The van der Waals surface area contributed by atoms with Crippen LogP contribution >= 0.6 is 0 Å². The van der Waals surface area contributed by atoms with Crippen LogP contribution in [0.1, 0.15) is 27.7 Å². The van der Waals surface area contributed by atoms with Crippen molar-refractivity contribution in [1.29, 1.82) is 0 Å². The molecule has 0 aliphatic heterocycles. The summed E-state index contributed by atoms with van der Waals surface area (Å²) in [7, 11) is 0. The Kier molecular flexibility index (Phi) is 12.2. The van der Waals surface area contributed by atoms with Gasteiger partial charge in [0.2, 0.25) is 0 Å². The van der Waals surface area contributed by atoms with Gasteiger partial charge in [-0.2, -0.15) is 35.7 Å². The maximum atomic E-state index is 8.22. The number of hydrogen-bond donors (Lipinski definition) is 0. The van der Waals surface area contributed by atoms with Crippen molar-refractivity contribution in [1.82, 2.24) is 0 Å². The van der Waals surface area contributed by atoms with Crippen LogP contribution in [0, 0.1) is 0 Å². The molecule has 0 fully saturated rings. The molecule has 0 amide bonds. The van der Waals surface area contributed by atoms with Gasteiger partial charge in [-0.25, -0.2) is 0 Å². The topological polar surface area (TPSA) is 45.3 Å². The third-order valence-electron chi connectivity index (χ3n) is 1.40. The molecule has 0 rings (SSSR count). The zero-order chi connectivity index (χ0) is 13.2. The van der Waals surface area contributed by atoms with Crippen LogP contribution in [0.3, 0.4) is 0 Å². The van der Waals surface area contributed by atoms with Crippen LogP contribution < -0.4 is 0 Å². The molecule has 94 valence electrons. The second kappa shape index (κ2) is 10.0. The van der Waals surface area contributed by atoms with Crippen LogP contribution in [-0.2, 0) is 47.6 Å². The van der Waals surface area contributed by atoms with Crippen molar-refractivity contribution in [3.63, 3.8) is 0 Å². The van der Waals surface area contributed by atoms with Crippen LogP contribution in [0.15, 0.2) is 0 Å². The summed E-state index contributed by atoms with van der Waals surface area (Å²) in [5.41, 5.74) is 0. The predicted octanol–water partition coefficient (Wildman–Crippen LogP) is 2.26. The quantitative estimate of drug-likeness (QED) is 0.524. The van der Waals surface area contributed by atoms with E-state index >= 15 is 0 Å². The third-order valence-corrected chi connectivity index (χ3v) is 1.66. The molecule has 0 bridgehead atoms. The Morgan fingerprint density at radius 1 is 0.875 bits per heavy atom. The third kappa shape index (κ3) is 20.5. The molecule has 0 aromatic carbocycles. The van der Waals surface area contributed by atoms with Crippen molar-refractivity contribution < 1.29 is 22.4 Å². The standard InChI is InChI=1S/C10H22N2S2.O.Tc/c1-9(2,13)7-11-5-6-12-8-10(3,4)14;;/h13-14H,5-8H2,1-4H3;;/q-2;;+5/p-2/i;;1+1. The van der Waals surface area contributed by atoms with E-state index in [-0.39, 0.29) is 9.49 Å². The van der Waals surface area contributed by atoms with E-state index in [1.165, 1.54) is 0 Å². The van der Waals surface area contributed by atoms with E-state index in [0.29, 0.717) is 0 Å². The normalized spacial score (nSPS) is 12.0. The molecule has 0 N–H and O–H groups in total. The van der Waals surface area contributed by atoms with Gasteiger partial charge in [0.15, 0.2) is 0 Å². The van der Waals surface area contributed by atoms with E-state index < -0.39 is 0 Å². The SMILES string of the molecule is CC(C)([S-])C[N-]CC[N-]CC(C)(C)[S-].[O]=[99Tc+5]. The molecule has 0 atom stereocenters. The van der Waals surface area contributed by atoms with Crippen LogP contribution in [0.2, 0.25) is 0 Å². The van der Waals surface area contributed by atoms with E-state index in [9.17, 15) is 0 Å². The molecular weight excluding hydrogens is 327 g/mol. The minimum absolute atomic E-state index is 0.114. The molecule has 0 heterocycles. The second-order valence-electron chi connectivity index (χ2n) is 4.73. The van der Waals surface area contributed by atoms with Crippen molar-refractivity contribution in [2.45, 2.75) is 37.2 Å². The summed E-state index contributed by atoms with van der Waals surface area (Å²) in [5.74, 6) is 0. The van der Waals surface area contributed by atoms with Gasteiger partial charge in [-0.1, -0.05) is 27.7 Å². The molecule has 0 saturated carbocycles. The fraction of sp³-hybridized carbons (Fsp3) is 1.00. The first-order valence-corrected chi connectivity index (χ1v) is 6.61. The predicted molar refractivity (Wildman–Crippen MR) is 69.8 cm³/mol. The monoisotopic (exact) mass is 347 g/mol. The van der Waals surface area contributed by atoms with E-state index in [4.69, 9.17) is 28.8 Å². The first kappa shape index (κ1) is 19.4. The summed E-state index contributed by atoms with van der Waals surface area (Å²) in [6.45, 7) is 11.0. The van der Waals surface area contributed by atoms with Gasteiger partial charge in [0.05, 0.1) is 0 Å². The van der Waals surface area contributed by atoms with Crippen molar-refractivity contribution in [3.8, 4) is 0 Å².